The molecule has 2 aliphatic heterocycles. The SMILES string of the molecule is Cc1cccc(N2C(=O)NC(=O)/C(=C\c3ccc(N4CCCCC4)o3)C2=O)c1C. The Balaban J connectivity index is 1.65. The number of anilines is 2. The Bertz CT molecular complexity index is 1010. The molecule has 3 heterocycles. The van der Waals surface area contributed by atoms with Crippen LogP contribution in [0.15, 0.2) is 40.3 Å². The first-order valence-corrected chi connectivity index (χ1v) is 9.78. The highest BCUT2D eigenvalue weighted by molar-refractivity contribution is 6.39. The topological polar surface area (TPSA) is 82.9 Å². The molecular weight excluding hydrogens is 370 g/mol. The standard InChI is InChI=1S/C22H23N3O4/c1-14-7-6-8-18(15(14)2)25-21(27)17(20(26)23-22(25)28)13-16-9-10-19(29-16)24-11-4-3-5-12-24/h6-10,13H,3-5,11-12H2,1-2H3,(H,23,26,28)/b17-13+. The summed E-state index contributed by atoms with van der Waals surface area (Å²) in [4.78, 5) is 41.0. The van der Waals surface area contributed by atoms with E-state index in [1.807, 2.05) is 26.0 Å². The van der Waals surface area contributed by atoms with E-state index in [0.29, 0.717) is 11.4 Å². The molecule has 2 aliphatic rings. The molecule has 0 unspecified atom stereocenters. The third-order valence-corrected chi connectivity index (χ3v) is 5.49. The molecular formula is C22H23N3O4. The molecule has 0 atom stereocenters. The Labute approximate surface area is 169 Å². The van der Waals surface area contributed by atoms with Crippen LogP contribution in [-0.2, 0) is 9.59 Å². The van der Waals surface area contributed by atoms with Gasteiger partial charge in [-0.25, -0.2) is 9.69 Å². The van der Waals surface area contributed by atoms with Gasteiger partial charge in [0, 0.05) is 19.2 Å². The van der Waals surface area contributed by atoms with E-state index in [0.717, 1.165) is 47.8 Å². The fraction of sp³-hybridized carbons (Fsp3) is 0.318. The highest BCUT2D eigenvalue weighted by Gasteiger charge is 2.37. The molecule has 1 N–H and O–H groups in total. The van der Waals surface area contributed by atoms with Crippen LogP contribution >= 0.6 is 0 Å². The van der Waals surface area contributed by atoms with Crippen LogP contribution in [0.2, 0.25) is 0 Å². The maximum atomic E-state index is 13.0. The molecule has 2 fully saturated rings. The molecule has 7 nitrogen and oxygen atoms in total. The number of hydrogen-bond acceptors (Lipinski definition) is 5. The molecule has 4 amide bonds. The number of carbonyl (C=O) groups excluding carboxylic acids is 3. The summed E-state index contributed by atoms with van der Waals surface area (Å²) in [6.45, 7) is 5.59. The lowest BCUT2D eigenvalue weighted by Crippen LogP contribution is -2.54. The van der Waals surface area contributed by atoms with Crippen molar-refractivity contribution < 1.29 is 18.8 Å². The van der Waals surface area contributed by atoms with Crippen LogP contribution in [-0.4, -0.2) is 30.9 Å². The van der Waals surface area contributed by atoms with Crippen molar-refractivity contribution in [2.75, 3.05) is 22.9 Å². The maximum absolute atomic E-state index is 13.0. The van der Waals surface area contributed by atoms with Gasteiger partial charge in [-0.3, -0.25) is 14.9 Å². The van der Waals surface area contributed by atoms with Gasteiger partial charge in [-0.2, -0.15) is 0 Å². The van der Waals surface area contributed by atoms with Crippen molar-refractivity contribution in [1.82, 2.24) is 5.32 Å². The third-order valence-electron chi connectivity index (χ3n) is 5.49. The van der Waals surface area contributed by atoms with E-state index in [-0.39, 0.29) is 5.57 Å². The Morgan fingerprint density at radius 3 is 2.52 bits per heavy atom. The van der Waals surface area contributed by atoms with Gasteiger partial charge in [0.05, 0.1) is 5.69 Å². The van der Waals surface area contributed by atoms with Crippen molar-refractivity contribution >= 4 is 35.5 Å². The first-order valence-electron chi connectivity index (χ1n) is 9.78. The molecule has 0 bridgehead atoms. The molecule has 2 saturated heterocycles. The second-order valence-electron chi connectivity index (χ2n) is 7.40. The van der Waals surface area contributed by atoms with E-state index in [1.54, 1.807) is 18.2 Å². The number of rotatable bonds is 3. The molecule has 1 aromatic carbocycles. The summed E-state index contributed by atoms with van der Waals surface area (Å²) in [5, 5.41) is 2.25. The predicted octanol–water partition coefficient (Wildman–Crippen LogP) is 3.55. The van der Waals surface area contributed by atoms with E-state index in [2.05, 4.69) is 10.2 Å². The molecule has 150 valence electrons. The summed E-state index contributed by atoms with van der Waals surface area (Å²) >= 11 is 0. The highest BCUT2D eigenvalue weighted by atomic mass is 16.4. The number of nitrogens with zero attached hydrogens (tertiary/aromatic N) is 2. The van der Waals surface area contributed by atoms with Gasteiger partial charge >= 0.3 is 6.03 Å². The molecule has 0 radical (unpaired) electrons. The summed E-state index contributed by atoms with van der Waals surface area (Å²) in [5.74, 6) is -0.261. The minimum Gasteiger partial charge on any atom is -0.441 e. The average molecular weight is 393 g/mol. The van der Waals surface area contributed by atoms with Gasteiger partial charge in [-0.05, 0) is 62.4 Å². The largest absolute Gasteiger partial charge is 0.441 e. The summed E-state index contributed by atoms with van der Waals surface area (Å²) in [6, 6.07) is 8.19. The number of nitrogens with one attached hydrogen (secondary N) is 1. The van der Waals surface area contributed by atoms with Crippen LogP contribution in [0, 0.1) is 13.8 Å². The molecule has 0 spiro atoms. The quantitative estimate of drug-likeness (QED) is 0.637. The van der Waals surface area contributed by atoms with Crippen LogP contribution in [0.25, 0.3) is 6.08 Å². The number of barbiturate groups is 1. The van der Waals surface area contributed by atoms with Gasteiger partial charge in [0.2, 0.25) is 0 Å². The summed E-state index contributed by atoms with van der Waals surface area (Å²) in [5.41, 5.74) is 2.07. The lowest BCUT2D eigenvalue weighted by atomic mass is 10.0. The fourth-order valence-electron chi connectivity index (χ4n) is 3.70. The Morgan fingerprint density at radius 1 is 1.00 bits per heavy atom. The van der Waals surface area contributed by atoms with Crippen molar-refractivity contribution in [3.05, 3.63) is 52.8 Å². The number of imide groups is 2. The number of furan rings is 1. The Morgan fingerprint density at radius 2 is 1.76 bits per heavy atom. The second kappa shape index (κ2) is 7.58. The van der Waals surface area contributed by atoms with Crippen molar-refractivity contribution in [3.63, 3.8) is 0 Å². The second-order valence-corrected chi connectivity index (χ2v) is 7.40. The lowest BCUT2D eigenvalue weighted by Gasteiger charge is -2.28. The van der Waals surface area contributed by atoms with E-state index in [9.17, 15) is 14.4 Å². The zero-order valence-electron chi connectivity index (χ0n) is 16.5. The van der Waals surface area contributed by atoms with Crippen LogP contribution < -0.4 is 15.1 Å². The number of amides is 4. The summed E-state index contributed by atoms with van der Waals surface area (Å²) < 4.78 is 5.85. The number of aryl methyl sites for hydroxylation is 1. The number of hydrogen-bond donors (Lipinski definition) is 1. The van der Waals surface area contributed by atoms with E-state index in [1.165, 1.54) is 12.5 Å². The number of benzene rings is 1. The Kier molecular flexibility index (Phi) is 4.96. The highest BCUT2D eigenvalue weighted by Crippen LogP contribution is 2.28. The summed E-state index contributed by atoms with van der Waals surface area (Å²) in [7, 11) is 0. The zero-order chi connectivity index (χ0) is 20.5. The van der Waals surface area contributed by atoms with Crippen molar-refractivity contribution in [1.29, 1.82) is 0 Å². The van der Waals surface area contributed by atoms with E-state index < -0.39 is 17.8 Å². The fourth-order valence-corrected chi connectivity index (χ4v) is 3.70. The lowest BCUT2D eigenvalue weighted by molar-refractivity contribution is -0.122. The smallest absolute Gasteiger partial charge is 0.335 e. The van der Waals surface area contributed by atoms with Gasteiger partial charge in [0.15, 0.2) is 5.88 Å². The zero-order valence-corrected chi connectivity index (χ0v) is 16.5. The maximum Gasteiger partial charge on any atom is 0.335 e. The van der Waals surface area contributed by atoms with Gasteiger partial charge < -0.3 is 9.32 Å². The van der Waals surface area contributed by atoms with Crippen LogP contribution in [0.1, 0.15) is 36.1 Å². The minimum absolute atomic E-state index is 0.134. The van der Waals surface area contributed by atoms with E-state index >= 15 is 0 Å². The van der Waals surface area contributed by atoms with E-state index in [4.69, 9.17) is 4.42 Å². The molecule has 29 heavy (non-hydrogen) atoms. The molecule has 7 heteroatoms. The average Bonchev–Trinajstić information content (AvgIpc) is 3.18. The molecule has 4 rings (SSSR count). The first kappa shape index (κ1) is 19.0. The minimum atomic E-state index is -0.751. The molecule has 0 aliphatic carbocycles. The number of urea groups is 1. The van der Waals surface area contributed by atoms with Crippen LogP contribution in [0.5, 0.6) is 0 Å². The van der Waals surface area contributed by atoms with Crippen LogP contribution in [0.4, 0.5) is 16.4 Å². The van der Waals surface area contributed by atoms with Crippen LogP contribution in [0.3, 0.4) is 0 Å². The van der Waals surface area contributed by atoms with Crippen molar-refractivity contribution in [3.8, 4) is 0 Å². The molecule has 1 aromatic heterocycles. The third kappa shape index (κ3) is 3.55. The number of piperidine rings is 1. The monoisotopic (exact) mass is 393 g/mol. The first-order chi connectivity index (χ1) is 14.0. The van der Waals surface area contributed by atoms with Crippen molar-refractivity contribution in [2.24, 2.45) is 0 Å². The van der Waals surface area contributed by atoms with Gasteiger partial charge in [0.25, 0.3) is 11.8 Å². The van der Waals surface area contributed by atoms with Gasteiger partial charge in [-0.1, -0.05) is 12.1 Å². The predicted molar refractivity (Wildman–Crippen MR) is 110 cm³/mol. The number of carbonyl (C=O) groups is 3. The summed E-state index contributed by atoms with van der Waals surface area (Å²) in [6.07, 6.45) is 4.84. The van der Waals surface area contributed by atoms with Crippen molar-refractivity contribution in [2.45, 2.75) is 33.1 Å². The normalized spacial score (nSPS) is 19.1. The molecule has 0 saturated carbocycles. The van der Waals surface area contributed by atoms with Gasteiger partial charge in [-0.15, -0.1) is 0 Å². The molecule has 2 aromatic rings. The van der Waals surface area contributed by atoms with Gasteiger partial charge in [0.1, 0.15) is 11.3 Å². The Hall–Kier alpha value is -3.35.